The molecule has 0 aromatic rings. The summed E-state index contributed by atoms with van der Waals surface area (Å²) >= 11 is 0. The van der Waals surface area contributed by atoms with Crippen LogP contribution in [0.5, 0.6) is 0 Å². The largest absolute Gasteiger partial charge is 0.490 e. The van der Waals surface area contributed by atoms with Crippen LogP contribution in [0, 0.1) is 0 Å². The number of carbonyl (C=O) groups excluding carboxylic acids is 2. The summed E-state index contributed by atoms with van der Waals surface area (Å²) in [5.41, 5.74) is 0. The van der Waals surface area contributed by atoms with Crippen LogP contribution in [0.25, 0.3) is 0 Å². The third-order valence-electron chi connectivity index (χ3n) is 1.60. The smallest absolute Gasteiger partial charge is 0.459 e. The number of alkyl halides is 3. The molecule has 0 aromatic heterocycles. The molecule has 1 unspecified atom stereocenters. The van der Waals surface area contributed by atoms with E-state index in [1.54, 1.807) is 0 Å². The van der Waals surface area contributed by atoms with Gasteiger partial charge in [-0.3, -0.25) is 4.79 Å². The molecule has 0 aliphatic carbocycles. The van der Waals surface area contributed by atoms with Crippen molar-refractivity contribution < 1.29 is 32.2 Å². The number of esters is 2. The molecule has 0 amide bonds. The van der Waals surface area contributed by atoms with E-state index in [0.29, 0.717) is 0 Å². The Morgan fingerprint density at radius 3 is 2.64 bits per heavy atom. The molecule has 1 heterocycles. The van der Waals surface area contributed by atoms with Gasteiger partial charge in [0.2, 0.25) is 0 Å². The molecule has 1 saturated heterocycles. The molecule has 7 heteroatoms. The van der Waals surface area contributed by atoms with Gasteiger partial charge in [0.15, 0.2) is 0 Å². The number of hydrogen-bond acceptors (Lipinski definition) is 4. The fourth-order valence-electron chi connectivity index (χ4n) is 0.950. The van der Waals surface area contributed by atoms with E-state index in [1.165, 1.54) is 0 Å². The van der Waals surface area contributed by atoms with Crippen LogP contribution < -0.4 is 0 Å². The highest BCUT2D eigenvalue weighted by Gasteiger charge is 2.41. The van der Waals surface area contributed by atoms with Gasteiger partial charge in [0.05, 0.1) is 0 Å². The minimum atomic E-state index is -5.00. The average Bonchev–Trinajstić information content (AvgIpc) is 2.45. The summed E-state index contributed by atoms with van der Waals surface area (Å²) < 4.78 is 43.3. The molecule has 14 heavy (non-hydrogen) atoms. The number of hydrogen-bond donors (Lipinski definition) is 0. The van der Waals surface area contributed by atoms with Gasteiger partial charge in [0.25, 0.3) is 0 Å². The first-order valence-corrected chi connectivity index (χ1v) is 3.83. The van der Waals surface area contributed by atoms with Crippen LogP contribution in [-0.4, -0.2) is 30.8 Å². The lowest BCUT2D eigenvalue weighted by Gasteiger charge is -2.10. The summed E-state index contributed by atoms with van der Waals surface area (Å²) in [6.45, 7) is -0.538. The fourth-order valence-corrected chi connectivity index (χ4v) is 0.950. The zero-order valence-corrected chi connectivity index (χ0v) is 6.97. The molecule has 1 aliphatic heterocycles. The van der Waals surface area contributed by atoms with Crippen molar-refractivity contribution in [1.82, 2.24) is 0 Å². The van der Waals surface area contributed by atoms with Crippen LogP contribution in [-0.2, 0) is 19.1 Å². The Hall–Kier alpha value is -1.27. The number of halogens is 3. The van der Waals surface area contributed by atoms with Crippen LogP contribution in [0.2, 0.25) is 0 Å². The third-order valence-corrected chi connectivity index (χ3v) is 1.60. The minimum Gasteiger partial charge on any atom is -0.459 e. The Morgan fingerprint density at radius 2 is 2.21 bits per heavy atom. The number of carbonyl (C=O) groups is 2. The predicted molar refractivity (Wildman–Crippen MR) is 36.1 cm³/mol. The first-order chi connectivity index (χ1) is 6.39. The second-order valence-electron chi connectivity index (χ2n) is 2.75. The topological polar surface area (TPSA) is 52.6 Å². The molecule has 0 radical (unpaired) electrons. The van der Waals surface area contributed by atoms with Gasteiger partial charge < -0.3 is 9.47 Å². The number of cyclic esters (lactones) is 1. The molecule has 80 valence electrons. The number of rotatable bonds is 2. The van der Waals surface area contributed by atoms with E-state index >= 15 is 0 Å². The molecule has 0 saturated carbocycles. The first-order valence-electron chi connectivity index (χ1n) is 3.83. The maximum Gasteiger partial charge on any atom is 0.490 e. The zero-order chi connectivity index (χ0) is 10.8. The highest BCUT2D eigenvalue weighted by atomic mass is 19.4. The Labute approximate surface area is 77.0 Å². The highest BCUT2D eigenvalue weighted by molar-refractivity contribution is 5.75. The van der Waals surface area contributed by atoms with E-state index in [9.17, 15) is 22.8 Å². The Bertz CT molecular complexity index is 248. The zero-order valence-electron chi connectivity index (χ0n) is 6.97. The van der Waals surface area contributed by atoms with Gasteiger partial charge in [-0.1, -0.05) is 0 Å². The van der Waals surface area contributed by atoms with E-state index in [0.717, 1.165) is 0 Å². The van der Waals surface area contributed by atoms with Crippen LogP contribution in [0.3, 0.4) is 0 Å². The molecular formula is C7H7F3O4. The normalized spacial score (nSPS) is 21.9. The summed E-state index contributed by atoms with van der Waals surface area (Å²) in [7, 11) is 0. The second-order valence-corrected chi connectivity index (χ2v) is 2.75. The van der Waals surface area contributed by atoms with Crippen molar-refractivity contribution in [3.63, 3.8) is 0 Å². The van der Waals surface area contributed by atoms with Crippen LogP contribution in [0.4, 0.5) is 13.2 Å². The van der Waals surface area contributed by atoms with Crippen LogP contribution >= 0.6 is 0 Å². The van der Waals surface area contributed by atoms with Gasteiger partial charge in [-0.15, -0.1) is 0 Å². The number of ether oxygens (including phenoxy) is 2. The van der Waals surface area contributed by atoms with Crippen molar-refractivity contribution in [1.29, 1.82) is 0 Å². The van der Waals surface area contributed by atoms with Gasteiger partial charge in [-0.05, 0) is 6.42 Å². The van der Waals surface area contributed by atoms with Crippen molar-refractivity contribution in [3.05, 3.63) is 0 Å². The van der Waals surface area contributed by atoms with Gasteiger partial charge in [-0.25, -0.2) is 4.79 Å². The highest BCUT2D eigenvalue weighted by Crippen LogP contribution is 2.19. The summed E-state index contributed by atoms with van der Waals surface area (Å²) in [6, 6.07) is 0. The lowest BCUT2D eigenvalue weighted by atomic mass is 10.2. The average molecular weight is 212 g/mol. The molecular weight excluding hydrogens is 205 g/mol. The SMILES string of the molecule is O=C1CCC(COC(=O)C(F)(F)F)O1. The second kappa shape index (κ2) is 3.85. The van der Waals surface area contributed by atoms with Crippen LogP contribution in [0.15, 0.2) is 0 Å². The van der Waals surface area contributed by atoms with Crippen molar-refractivity contribution >= 4 is 11.9 Å². The van der Waals surface area contributed by atoms with E-state index in [-0.39, 0.29) is 12.8 Å². The summed E-state index contributed by atoms with van der Waals surface area (Å²) in [4.78, 5) is 20.7. The third kappa shape index (κ3) is 2.90. The van der Waals surface area contributed by atoms with Gasteiger partial charge in [-0.2, -0.15) is 13.2 Å². The Morgan fingerprint density at radius 1 is 1.57 bits per heavy atom. The van der Waals surface area contributed by atoms with E-state index in [4.69, 9.17) is 0 Å². The van der Waals surface area contributed by atoms with Crippen molar-refractivity contribution in [2.24, 2.45) is 0 Å². The fraction of sp³-hybridized carbons (Fsp3) is 0.714. The van der Waals surface area contributed by atoms with Gasteiger partial charge in [0, 0.05) is 6.42 Å². The van der Waals surface area contributed by atoms with E-state index < -0.39 is 30.8 Å². The predicted octanol–water partition coefficient (Wildman–Crippen LogP) is 0.797. The molecule has 4 nitrogen and oxygen atoms in total. The molecule has 1 fully saturated rings. The first kappa shape index (κ1) is 10.8. The Kier molecular flexibility index (Phi) is 2.97. The lowest BCUT2D eigenvalue weighted by Crippen LogP contribution is -2.29. The molecule has 0 N–H and O–H groups in total. The molecule has 0 spiro atoms. The summed E-state index contributed by atoms with van der Waals surface area (Å²) in [5, 5.41) is 0. The standard InChI is InChI=1S/C7H7F3O4/c8-7(9,10)6(12)13-3-4-1-2-5(11)14-4/h4H,1-3H2. The molecule has 1 aliphatic rings. The molecule has 0 bridgehead atoms. The molecule has 1 atom stereocenters. The minimum absolute atomic E-state index is 0.147. The van der Waals surface area contributed by atoms with Crippen LogP contribution in [0.1, 0.15) is 12.8 Å². The van der Waals surface area contributed by atoms with E-state index in [1.807, 2.05) is 0 Å². The van der Waals surface area contributed by atoms with E-state index in [2.05, 4.69) is 9.47 Å². The molecule has 0 aromatic carbocycles. The van der Waals surface area contributed by atoms with Gasteiger partial charge >= 0.3 is 18.1 Å². The Balaban J connectivity index is 2.28. The van der Waals surface area contributed by atoms with Crippen molar-refractivity contribution in [2.75, 3.05) is 6.61 Å². The quantitative estimate of drug-likeness (QED) is 0.635. The van der Waals surface area contributed by atoms with Crippen molar-refractivity contribution in [2.45, 2.75) is 25.1 Å². The lowest BCUT2D eigenvalue weighted by molar-refractivity contribution is -0.202. The van der Waals surface area contributed by atoms with Gasteiger partial charge in [0.1, 0.15) is 12.7 Å². The monoisotopic (exact) mass is 212 g/mol. The maximum absolute atomic E-state index is 11.6. The summed E-state index contributed by atoms with van der Waals surface area (Å²) in [6.07, 6.45) is -5.31. The maximum atomic E-state index is 11.6. The van der Waals surface area contributed by atoms with Crippen molar-refractivity contribution in [3.8, 4) is 0 Å². The summed E-state index contributed by atoms with van der Waals surface area (Å²) in [5.74, 6) is -2.75. The molecule has 1 rings (SSSR count).